The number of ether oxygens (including phenoxy) is 2. The summed E-state index contributed by atoms with van der Waals surface area (Å²) in [6.45, 7) is 4.85. The first-order chi connectivity index (χ1) is 8.02. The van der Waals surface area contributed by atoms with E-state index in [0.717, 1.165) is 0 Å². The zero-order chi connectivity index (χ0) is 12.8. The fourth-order valence-corrected chi connectivity index (χ4v) is 1.57. The number of hydrogen-bond acceptors (Lipinski definition) is 4. The van der Waals surface area contributed by atoms with Crippen LogP contribution in [-0.4, -0.2) is 49.5 Å². The van der Waals surface area contributed by atoms with Gasteiger partial charge >= 0.3 is 5.97 Å². The van der Waals surface area contributed by atoms with Crippen molar-refractivity contribution in [2.75, 3.05) is 26.4 Å². The van der Waals surface area contributed by atoms with Crippen molar-refractivity contribution in [1.82, 2.24) is 5.32 Å². The number of carboxylic acid groups (broad SMARTS) is 1. The molecule has 0 bridgehead atoms. The maximum Gasteiger partial charge on any atom is 0.308 e. The van der Waals surface area contributed by atoms with Gasteiger partial charge in [0.25, 0.3) is 5.91 Å². The lowest BCUT2D eigenvalue weighted by Gasteiger charge is -2.23. The Morgan fingerprint density at radius 1 is 1.41 bits per heavy atom. The molecular formula is C11H19NO5. The van der Waals surface area contributed by atoms with Gasteiger partial charge in [0.1, 0.15) is 0 Å². The third-order valence-electron chi connectivity index (χ3n) is 2.73. The van der Waals surface area contributed by atoms with Gasteiger partial charge in [-0.25, -0.2) is 0 Å². The van der Waals surface area contributed by atoms with Gasteiger partial charge < -0.3 is 19.9 Å². The molecule has 1 rings (SSSR count). The Bertz CT molecular complexity index is 273. The Kier molecular flexibility index (Phi) is 5.37. The second-order valence-corrected chi connectivity index (χ2v) is 4.37. The largest absolute Gasteiger partial charge is 0.481 e. The summed E-state index contributed by atoms with van der Waals surface area (Å²) in [5.74, 6) is -1.82. The first kappa shape index (κ1) is 13.9. The van der Waals surface area contributed by atoms with Crippen molar-refractivity contribution in [2.24, 2.45) is 11.8 Å². The molecule has 0 aliphatic carbocycles. The van der Waals surface area contributed by atoms with E-state index in [2.05, 4.69) is 5.32 Å². The van der Waals surface area contributed by atoms with Gasteiger partial charge in [0.05, 0.1) is 25.7 Å². The minimum absolute atomic E-state index is 0.0312. The lowest BCUT2D eigenvalue weighted by atomic mass is 9.96. The highest BCUT2D eigenvalue weighted by Crippen LogP contribution is 2.10. The van der Waals surface area contributed by atoms with E-state index in [1.54, 1.807) is 0 Å². The molecule has 0 aromatic rings. The lowest BCUT2D eigenvalue weighted by Crippen LogP contribution is -2.45. The molecule has 98 valence electrons. The second kappa shape index (κ2) is 6.56. The molecule has 1 aliphatic rings. The molecule has 2 N–H and O–H groups in total. The fourth-order valence-electron chi connectivity index (χ4n) is 1.57. The number of carbonyl (C=O) groups is 2. The predicted octanol–water partition coefficient (Wildman–Crippen LogP) is -0.125. The molecule has 6 heteroatoms. The van der Waals surface area contributed by atoms with Crippen LogP contribution in [0.1, 0.15) is 13.8 Å². The first-order valence-corrected chi connectivity index (χ1v) is 5.72. The maximum atomic E-state index is 11.6. The molecule has 0 radical (unpaired) electrons. The Labute approximate surface area is 100 Å². The van der Waals surface area contributed by atoms with E-state index in [0.29, 0.717) is 13.2 Å². The van der Waals surface area contributed by atoms with Gasteiger partial charge in [-0.3, -0.25) is 9.59 Å². The van der Waals surface area contributed by atoms with E-state index in [-0.39, 0.29) is 25.0 Å². The first-order valence-electron chi connectivity index (χ1n) is 5.72. The molecule has 2 unspecified atom stereocenters. The van der Waals surface area contributed by atoms with Crippen molar-refractivity contribution in [3.05, 3.63) is 0 Å². The average molecular weight is 245 g/mol. The second-order valence-electron chi connectivity index (χ2n) is 4.37. The van der Waals surface area contributed by atoms with E-state index in [1.807, 2.05) is 13.8 Å². The lowest BCUT2D eigenvalue weighted by molar-refractivity contribution is -0.148. The quantitative estimate of drug-likeness (QED) is 0.705. The van der Waals surface area contributed by atoms with E-state index in [1.165, 1.54) is 0 Å². The van der Waals surface area contributed by atoms with Crippen LogP contribution >= 0.6 is 0 Å². The number of rotatable bonds is 5. The minimum Gasteiger partial charge on any atom is -0.481 e. The van der Waals surface area contributed by atoms with E-state index < -0.39 is 18.0 Å². The standard InChI is InChI=1S/C11H19NO5/c1-7(2)8(11(14)15)5-12-10(13)9-6-16-3-4-17-9/h7-9H,3-6H2,1-2H3,(H,12,13)(H,14,15). The van der Waals surface area contributed by atoms with E-state index >= 15 is 0 Å². The SMILES string of the molecule is CC(C)C(CNC(=O)C1COCCO1)C(=O)O. The highest BCUT2D eigenvalue weighted by molar-refractivity contribution is 5.81. The number of amides is 1. The van der Waals surface area contributed by atoms with Crippen LogP contribution in [0.5, 0.6) is 0 Å². The van der Waals surface area contributed by atoms with Crippen molar-refractivity contribution in [3.63, 3.8) is 0 Å². The highest BCUT2D eigenvalue weighted by Gasteiger charge is 2.26. The number of nitrogens with one attached hydrogen (secondary N) is 1. The number of hydrogen-bond donors (Lipinski definition) is 2. The van der Waals surface area contributed by atoms with Crippen molar-refractivity contribution in [1.29, 1.82) is 0 Å². The summed E-state index contributed by atoms with van der Waals surface area (Å²) in [4.78, 5) is 22.6. The van der Waals surface area contributed by atoms with Crippen LogP contribution in [0.25, 0.3) is 0 Å². The van der Waals surface area contributed by atoms with Crippen LogP contribution in [0.15, 0.2) is 0 Å². The Hall–Kier alpha value is -1.14. The summed E-state index contributed by atoms with van der Waals surface area (Å²) < 4.78 is 10.3. The molecule has 1 aliphatic heterocycles. The third kappa shape index (κ3) is 4.32. The van der Waals surface area contributed by atoms with E-state index in [9.17, 15) is 9.59 Å². The highest BCUT2D eigenvalue weighted by atomic mass is 16.6. The summed E-state index contributed by atoms with van der Waals surface area (Å²) in [6.07, 6.45) is -0.620. The van der Waals surface area contributed by atoms with Crippen LogP contribution < -0.4 is 5.32 Å². The molecular weight excluding hydrogens is 226 g/mol. The van der Waals surface area contributed by atoms with Crippen LogP contribution in [-0.2, 0) is 19.1 Å². The molecule has 17 heavy (non-hydrogen) atoms. The summed E-state index contributed by atoms with van der Waals surface area (Å²) >= 11 is 0. The zero-order valence-corrected chi connectivity index (χ0v) is 10.1. The molecule has 1 amide bonds. The van der Waals surface area contributed by atoms with Crippen molar-refractivity contribution in [2.45, 2.75) is 20.0 Å². The van der Waals surface area contributed by atoms with Gasteiger partial charge in [0.15, 0.2) is 6.10 Å². The minimum atomic E-state index is -0.902. The van der Waals surface area contributed by atoms with Gasteiger partial charge in [0.2, 0.25) is 0 Å². The molecule has 0 spiro atoms. The summed E-state index contributed by atoms with van der Waals surface area (Å²) in [7, 11) is 0. The molecule has 1 fully saturated rings. The molecule has 0 aromatic carbocycles. The van der Waals surface area contributed by atoms with Crippen LogP contribution in [0.4, 0.5) is 0 Å². The Morgan fingerprint density at radius 3 is 2.59 bits per heavy atom. The number of carboxylic acids is 1. The van der Waals surface area contributed by atoms with Crippen molar-refractivity contribution in [3.8, 4) is 0 Å². The van der Waals surface area contributed by atoms with Gasteiger partial charge in [-0.05, 0) is 5.92 Å². The molecule has 1 heterocycles. The van der Waals surface area contributed by atoms with Crippen molar-refractivity contribution >= 4 is 11.9 Å². The monoisotopic (exact) mass is 245 g/mol. The van der Waals surface area contributed by atoms with Crippen LogP contribution in [0, 0.1) is 11.8 Å². The predicted molar refractivity (Wildman–Crippen MR) is 59.5 cm³/mol. The van der Waals surface area contributed by atoms with Crippen LogP contribution in [0.3, 0.4) is 0 Å². The van der Waals surface area contributed by atoms with E-state index in [4.69, 9.17) is 14.6 Å². The molecule has 0 saturated carbocycles. The molecule has 1 saturated heterocycles. The Balaban J connectivity index is 2.37. The van der Waals surface area contributed by atoms with Gasteiger partial charge in [-0.1, -0.05) is 13.8 Å². The summed E-state index contributed by atoms with van der Waals surface area (Å²) in [5, 5.41) is 11.6. The van der Waals surface area contributed by atoms with Gasteiger partial charge in [-0.2, -0.15) is 0 Å². The smallest absolute Gasteiger partial charge is 0.308 e. The molecule has 0 aromatic heterocycles. The summed E-state index contributed by atoms with van der Waals surface area (Å²) in [5.41, 5.74) is 0. The zero-order valence-electron chi connectivity index (χ0n) is 10.1. The normalized spacial score (nSPS) is 22.2. The molecule has 6 nitrogen and oxygen atoms in total. The van der Waals surface area contributed by atoms with Crippen molar-refractivity contribution < 1.29 is 24.2 Å². The summed E-state index contributed by atoms with van der Waals surface area (Å²) in [6, 6.07) is 0. The maximum absolute atomic E-state index is 11.6. The fraction of sp³-hybridized carbons (Fsp3) is 0.818. The Morgan fingerprint density at radius 2 is 2.12 bits per heavy atom. The van der Waals surface area contributed by atoms with Gasteiger partial charge in [-0.15, -0.1) is 0 Å². The number of aliphatic carboxylic acids is 1. The average Bonchev–Trinajstić information content (AvgIpc) is 2.29. The van der Waals surface area contributed by atoms with Crippen LogP contribution in [0.2, 0.25) is 0 Å². The topological polar surface area (TPSA) is 84.9 Å². The van der Waals surface area contributed by atoms with Gasteiger partial charge in [0, 0.05) is 6.54 Å². The number of carbonyl (C=O) groups excluding carboxylic acids is 1. The third-order valence-corrected chi connectivity index (χ3v) is 2.73. The molecule has 2 atom stereocenters.